The van der Waals surface area contributed by atoms with E-state index in [4.69, 9.17) is 10.5 Å². The molecule has 1 aromatic rings. The minimum Gasteiger partial charge on any atom is -0.383 e. The van der Waals surface area contributed by atoms with Crippen LogP contribution in [0.25, 0.3) is 0 Å². The van der Waals surface area contributed by atoms with Crippen molar-refractivity contribution < 1.29 is 9.13 Å². The normalized spacial score (nSPS) is 18.0. The van der Waals surface area contributed by atoms with E-state index < -0.39 is 0 Å². The summed E-state index contributed by atoms with van der Waals surface area (Å²) in [4.78, 5) is 2.40. The number of methoxy groups -OCH3 is 1. The molecule has 0 saturated heterocycles. The maximum absolute atomic E-state index is 13.3. The van der Waals surface area contributed by atoms with Crippen molar-refractivity contribution >= 4 is 15.9 Å². The minimum atomic E-state index is -0.236. The zero-order chi connectivity index (χ0) is 15.4. The Morgan fingerprint density at radius 3 is 2.71 bits per heavy atom. The van der Waals surface area contributed by atoms with Gasteiger partial charge in [-0.1, -0.05) is 22.0 Å². The number of halogens is 2. The molecule has 0 spiro atoms. The molecular weight excluding hydrogens is 335 g/mol. The number of hydrogen-bond donors (Lipinski definition) is 1. The van der Waals surface area contributed by atoms with Crippen LogP contribution < -0.4 is 5.73 Å². The third-order valence-electron chi connectivity index (χ3n) is 4.33. The monoisotopic (exact) mass is 358 g/mol. The standard InChI is InChI=1S/C16H24BrFN2O/c1-11(12-3-4-12)20(7-8-21-2)16(10-19)14-6-5-13(18)9-15(14)17/h5-6,9,11-12,16H,3-4,7-8,10,19H2,1-2H3. The lowest BCUT2D eigenvalue weighted by Gasteiger charge is -2.36. The zero-order valence-corrected chi connectivity index (χ0v) is 14.3. The highest BCUT2D eigenvalue weighted by atomic mass is 79.9. The first kappa shape index (κ1) is 16.9. The molecule has 0 aliphatic heterocycles. The van der Waals surface area contributed by atoms with E-state index in [-0.39, 0.29) is 11.9 Å². The molecule has 1 aromatic carbocycles. The van der Waals surface area contributed by atoms with E-state index in [1.54, 1.807) is 7.11 Å². The maximum atomic E-state index is 13.3. The van der Waals surface area contributed by atoms with Crippen LogP contribution in [-0.4, -0.2) is 37.7 Å². The molecule has 0 aromatic heterocycles. The fourth-order valence-corrected chi connectivity index (χ4v) is 3.52. The van der Waals surface area contributed by atoms with Gasteiger partial charge in [-0.15, -0.1) is 0 Å². The topological polar surface area (TPSA) is 38.5 Å². The van der Waals surface area contributed by atoms with Gasteiger partial charge in [-0.3, -0.25) is 4.90 Å². The van der Waals surface area contributed by atoms with Gasteiger partial charge in [-0.05, 0) is 43.4 Å². The van der Waals surface area contributed by atoms with Crippen LogP contribution in [-0.2, 0) is 4.74 Å². The Morgan fingerprint density at radius 1 is 1.48 bits per heavy atom. The van der Waals surface area contributed by atoms with E-state index in [9.17, 15) is 4.39 Å². The van der Waals surface area contributed by atoms with Gasteiger partial charge in [-0.2, -0.15) is 0 Å². The summed E-state index contributed by atoms with van der Waals surface area (Å²) in [6, 6.07) is 5.38. The molecule has 0 amide bonds. The van der Waals surface area contributed by atoms with Crippen molar-refractivity contribution in [1.29, 1.82) is 0 Å². The molecule has 2 unspecified atom stereocenters. The Labute approximate surface area is 134 Å². The minimum absolute atomic E-state index is 0.0747. The second-order valence-corrected chi connectivity index (χ2v) is 6.58. The maximum Gasteiger partial charge on any atom is 0.124 e. The van der Waals surface area contributed by atoms with Crippen molar-refractivity contribution in [3.8, 4) is 0 Å². The lowest BCUT2D eigenvalue weighted by molar-refractivity contribution is 0.0832. The van der Waals surface area contributed by atoms with Gasteiger partial charge in [0.1, 0.15) is 5.82 Å². The Hall–Kier alpha value is -0.490. The zero-order valence-electron chi connectivity index (χ0n) is 12.7. The SMILES string of the molecule is COCCN(C(CN)c1ccc(F)cc1Br)C(C)C1CC1. The predicted octanol–water partition coefficient (Wildman–Crippen LogP) is 3.33. The number of benzene rings is 1. The highest BCUT2D eigenvalue weighted by Crippen LogP contribution is 2.39. The molecule has 21 heavy (non-hydrogen) atoms. The van der Waals surface area contributed by atoms with Gasteiger partial charge in [0.2, 0.25) is 0 Å². The van der Waals surface area contributed by atoms with Crippen molar-refractivity contribution in [2.24, 2.45) is 11.7 Å². The van der Waals surface area contributed by atoms with Gasteiger partial charge in [0.25, 0.3) is 0 Å². The molecule has 2 atom stereocenters. The highest BCUT2D eigenvalue weighted by molar-refractivity contribution is 9.10. The summed E-state index contributed by atoms with van der Waals surface area (Å²) in [6.07, 6.45) is 2.57. The number of hydrogen-bond acceptors (Lipinski definition) is 3. The van der Waals surface area contributed by atoms with Gasteiger partial charge >= 0.3 is 0 Å². The van der Waals surface area contributed by atoms with Crippen molar-refractivity contribution in [3.63, 3.8) is 0 Å². The van der Waals surface area contributed by atoms with Gasteiger partial charge in [0.05, 0.1) is 6.61 Å². The van der Waals surface area contributed by atoms with Gasteiger partial charge in [0, 0.05) is 36.8 Å². The van der Waals surface area contributed by atoms with E-state index in [0.717, 1.165) is 22.5 Å². The van der Waals surface area contributed by atoms with Crippen LogP contribution in [0.3, 0.4) is 0 Å². The number of nitrogens with zero attached hydrogens (tertiary/aromatic N) is 1. The Morgan fingerprint density at radius 2 is 2.19 bits per heavy atom. The molecule has 3 nitrogen and oxygen atoms in total. The van der Waals surface area contributed by atoms with Crippen molar-refractivity contribution in [2.45, 2.75) is 31.8 Å². The first-order chi connectivity index (χ1) is 10.1. The summed E-state index contributed by atoms with van der Waals surface area (Å²) in [5.41, 5.74) is 7.09. The average molecular weight is 359 g/mol. The molecule has 2 rings (SSSR count). The summed E-state index contributed by atoms with van der Waals surface area (Å²) < 4.78 is 19.3. The predicted molar refractivity (Wildman–Crippen MR) is 86.7 cm³/mol. The fourth-order valence-electron chi connectivity index (χ4n) is 2.90. The summed E-state index contributed by atoms with van der Waals surface area (Å²) in [5.74, 6) is 0.509. The molecule has 0 bridgehead atoms. The molecule has 5 heteroatoms. The Bertz CT molecular complexity index is 468. The molecule has 2 N–H and O–H groups in total. The molecule has 1 fully saturated rings. The molecule has 1 aliphatic carbocycles. The summed E-state index contributed by atoms with van der Waals surface area (Å²) in [6.45, 7) is 4.27. The molecule has 118 valence electrons. The first-order valence-electron chi connectivity index (χ1n) is 7.48. The van der Waals surface area contributed by atoms with E-state index in [0.29, 0.717) is 19.2 Å². The van der Waals surface area contributed by atoms with E-state index in [1.807, 2.05) is 6.07 Å². The molecule has 1 saturated carbocycles. The summed E-state index contributed by atoms with van der Waals surface area (Å²) in [7, 11) is 1.71. The van der Waals surface area contributed by atoms with E-state index in [2.05, 4.69) is 27.8 Å². The van der Waals surface area contributed by atoms with Crippen LogP contribution in [0.2, 0.25) is 0 Å². The van der Waals surface area contributed by atoms with Gasteiger partial charge in [-0.25, -0.2) is 4.39 Å². The summed E-state index contributed by atoms with van der Waals surface area (Å²) in [5, 5.41) is 0. The quantitative estimate of drug-likeness (QED) is 0.774. The number of nitrogens with two attached hydrogens (primary N) is 1. The molecule has 0 radical (unpaired) electrons. The Balaban J connectivity index is 2.24. The van der Waals surface area contributed by atoms with Gasteiger partial charge in [0.15, 0.2) is 0 Å². The van der Waals surface area contributed by atoms with Crippen LogP contribution in [0.4, 0.5) is 4.39 Å². The third-order valence-corrected chi connectivity index (χ3v) is 5.01. The van der Waals surface area contributed by atoms with Crippen LogP contribution >= 0.6 is 15.9 Å². The van der Waals surface area contributed by atoms with Crippen LogP contribution in [0.15, 0.2) is 22.7 Å². The van der Waals surface area contributed by atoms with Crippen molar-refractivity contribution in [3.05, 3.63) is 34.1 Å². The Kier molecular flexibility index (Phi) is 6.17. The van der Waals surface area contributed by atoms with Crippen molar-refractivity contribution in [1.82, 2.24) is 4.90 Å². The first-order valence-corrected chi connectivity index (χ1v) is 8.27. The fraction of sp³-hybridized carbons (Fsp3) is 0.625. The lowest BCUT2D eigenvalue weighted by Crippen LogP contribution is -2.43. The van der Waals surface area contributed by atoms with Crippen LogP contribution in [0, 0.1) is 11.7 Å². The average Bonchev–Trinajstić information content (AvgIpc) is 3.28. The van der Waals surface area contributed by atoms with Gasteiger partial charge < -0.3 is 10.5 Å². The second kappa shape index (κ2) is 7.68. The van der Waals surface area contributed by atoms with E-state index in [1.165, 1.54) is 25.0 Å². The highest BCUT2D eigenvalue weighted by Gasteiger charge is 2.35. The smallest absolute Gasteiger partial charge is 0.124 e. The van der Waals surface area contributed by atoms with Crippen molar-refractivity contribution in [2.75, 3.05) is 26.8 Å². The number of rotatable bonds is 8. The summed E-state index contributed by atoms with van der Waals surface area (Å²) >= 11 is 3.47. The van der Waals surface area contributed by atoms with Crippen LogP contribution in [0.1, 0.15) is 31.4 Å². The molecule has 1 aliphatic rings. The second-order valence-electron chi connectivity index (χ2n) is 5.73. The van der Waals surface area contributed by atoms with Crippen LogP contribution in [0.5, 0.6) is 0 Å². The largest absolute Gasteiger partial charge is 0.383 e. The molecule has 0 heterocycles. The number of ether oxygens (including phenoxy) is 1. The lowest BCUT2D eigenvalue weighted by atomic mass is 10.0. The third kappa shape index (κ3) is 4.25. The van der Waals surface area contributed by atoms with E-state index >= 15 is 0 Å². The molecular formula is C16H24BrFN2O.